The van der Waals surface area contributed by atoms with Gasteiger partial charge in [-0.1, -0.05) is 0 Å². The van der Waals surface area contributed by atoms with Gasteiger partial charge in [0.05, 0.1) is 13.2 Å². The number of amides is 1. The van der Waals surface area contributed by atoms with Crippen LogP contribution in [0, 0.1) is 0 Å². The van der Waals surface area contributed by atoms with Crippen molar-refractivity contribution in [2.45, 2.75) is 0 Å². The van der Waals surface area contributed by atoms with Crippen molar-refractivity contribution < 1.29 is 24.2 Å². The zero-order valence-electron chi connectivity index (χ0n) is 8.40. The fourth-order valence-electron chi connectivity index (χ4n) is 0.705. The first-order valence-electron chi connectivity index (χ1n) is 4.51. The maximum absolute atomic E-state index is 10.9. The molecule has 4 N–H and O–H groups in total. The lowest BCUT2D eigenvalue weighted by atomic mass is 10.5. The average Bonchev–Trinajstić information content (AvgIpc) is 2.19. The monoisotopic (exact) mass is 220 g/mol. The summed E-state index contributed by atoms with van der Waals surface area (Å²) in [6.07, 6.45) is 0. The van der Waals surface area contributed by atoms with Crippen molar-refractivity contribution in [3.8, 4) is 0 Å². The molecule has 0 rings (SSSR count). The number of nitrogens with one attached hydrogen (secondary N) is 1. The van der Waals surface area contributed by atoms with Crippen LogP contribution in [0.1, 0.15) is 0 Å². The molecular weight excluding hydrogens is 204 g/mol. The van der Waals surface area contributed by atoms with E-state index in [-0.39, 0.29) is 32.3 Å². The van der Waals surface area contributed by atoms with Crippen molar-refractivity contribution in [1.29, 1.82) is 0 Å². The molecule has 0 aliphatic heterocycles. The van der Waals surface area contributed by atoms with E-state index in [9.17, 15) is 9.59 Å². The normalized spacial score (nSPS) is 9.93. The van der Waals surface area contributed by atoms with Crippen LogP contribution in [0.25, 0.3) is 0 Å². The Bertz CT molecular complexity index is 197. The zero-order chi connectivity index (χ0) is 11.5. The third kappa shape index (κ3) is 10.7. The van der Waals surface area contributed by atoms with Crippen molar-refractivity contribution in [3.63, 3.8) is 0 Å². The molecule has 88 valence electrons. The number of aliphatic carboxylic acids is 1. The summed E-state index contributed by atoms with van der Waals surface area (Å²) in [6, 6.07) is 0. The van der Waals surface area contributed by atoms with E-state index in [1.54, 1.807) is 0 Å². The van der Waals surface area contributed by atoms with Gasteiger partial charge < -0.3 is 25.6 Å². The molecule has 15 heavy (non-hydrogen) atoms. The standard InChI is InChI=1S/C8H16N2O5/c9-1-2-10-7(11)5-14-3-4-15-6-8(12)13/h1-6,9H2,(H,10,11)(H,12,13). The van der Waals surface area contributed by atoms with Crippen LogP contribution in [0.15, 0.2) is 0 Å². The average molecular weight is 220 g/mol. The summed E-state index contributed by atoms with van der Waals surface area (Å²) in [5, 5.41) is 10.7. The summed E-state index contributed by atoms with van der Waals surface area (Å²) in [6.45, 7) is 0.699. The Hall–Kier alpha value is -1.18. The molecule has 0 saturated carbocycles. The lowest BCUT2D eigenvalue weighted by Crippen LogP contribution is -2.32. The Morgan fingerprint density at radius 3 is 2.33 bits per heavy atom. The van der Waals surface area contributed by atoms with Crippen LogP contribution in [-0.2, 0) is 19.1 Å². The zero-order valence-corrected chi connectivity index (χ0v) is 8.40. The van der Waals surface area contributed by atoms with E-state index in [1.165, 1.54) is 0 Å². The number of hydrogen-bond acceptors (Lipinski definition) is 5. The molecule has 0 fully saturated rings. The topological polar surface area (TPSA) is 111 Å². The molecule has 0 atom stereocenters. The van der Waals surface area contributed by atoms with Crippen LogP contribution in [0.2, 0.25) is 0 Å². The fourth-order valence-corrected chi connectivity index (χ4v) is 0.705. The highest BCUT2D eigenvalue weighted by molar-refractivity contribution is 5.77. The Kier molecular flexibility index (Phi) is 8.64. The quantitative estimate of drug-likeness (QED) is 0.394. The first-order valence-corrected chi connectivity index (χ1v) is 4.51. The molecule has 1 amide bonds. The number of carboxylic acid groups (broad SMARTS) is 1. The first kappa shape index (κ1) is 13.8. The fraction of sp³-hybridized carbons (Fsp3) is 0.750. The third-order valence-electron chi connectivity index (χ3n) is 1.30. The van der Waals surface area contributed by atoms with E-state index in [4.69, 9.17) is 15.6 Å². The van der Waals surface area contributed by atoms with Crippen LogP contribution in [0.5, 0.6) is 0 Å². The smallest absolute Gasteiger partial charge is 0.329 e. The Balaban J connectivity index is 3.16. The van der Waals surface area contributed by atoms with Gasteiger partial charge in [0.25, 0.3) is 0 Å². The highest BCUT2D eigenvalue weighted by Crippen LogP contribution is 1.79. The molecule has 7 heteroatoms. The summed E-state index contributed by atoms with van der Waals surface area (Å²) >= 11 is 0. The molecule has 0 spiro atoms. The van der Waals surface area contributed by atoms with Crippen molar-refractivity contribution in [2.24, 2.45) is 5.73 Å². The minimum atomic E-state index is -1.03. The van der Waals surface area contributed by atoms with Crippen molar-refractivity contribution in [3.05, 3.63) is 0 Å². The van der Waals surface area contributed by atoms with Crippen LogP contribution in [0.4, 0.5) is 0 Å². The second-order valence-electron chi connectivity index (χ2n) is 2.64. The number of hydrogen-bond donors (Lipinski definition) is 3. The van der Waals surface area contributed by atoms with Gasteiger partial charge in [0.1, 0.15) is 13.2 Å². The molecule has 0 aromatic heterocycles. The lowest BCUT2D eigenvalue weighted by Gasteiger charge is -2.04. The van der Waals surface area contributed by atoms with E-state index in [0.717, 1.165) is 0 Å². The minimum absolute atomic E-state index is 0.0730. The maximum atomic E-state index is 10.9. The molecule has 7 nitrogen and oxygen atoms in total. The first-order chi connectivity index (χ1) is 7.16. The second-order valence-corrected chi connectivity index (χ2v) is 2.64. The van der Waals surface area contributed by atoms with Gasteiger partial charge in [-0.25, -0.2) is 4.79 Å². The molecule has 0 saturated heterocycles. The number of carbonyl (C=O) groups is 2. The van der Waals surface area contributed by atoms with E-state index >= 15 is 0 Å². The number of nitrogens with two attached hydrogens (primary N) is 1. The summed E-state index contributed by atoms with van der Waals surface area (Å²) in [5.41, 5.74) is 5.17. The Labute approximate surface area is 87.5 Å². The Morgan fingerprint density at radius 2 is 1.80 bits per heavy atom. The van der Waals surface area contributed by atoms with E-state index in [2.05, 4.69) is 10.1 Å². The number of carbonyl (C=O) groups excluding carboxylic acids is 1. The van der Waals surface area contributed by atoms with Crippen molar-refractivity contribution >= 4 is 11.9 Å². The molecule has 0 radical (unpaired) electrons. The van der Waals surface area contributed by atoms with Gasteiger partial charge >= 0.3 is 5.97 Å². The highest BCUT2D eigenvalue weighted by Gasteiger charge is 2.00. The summed E-state index contributed by atoms with van der Waals surface area (Å²) < 4.78 is 9.59. The minimum Gasteiger partial charge on any atom is -0.480 e. The lowest BCUT2D eigenvalue weighted by molar-refractivity contribution is -0.143. The van der Waals surface area contributed by atoms with Crippen molar-refractivity contribution in [2.75, 3.05) is 39.5 Å². The maximum Gasteiger partial charge on any atom is 0.329 e. The number of carboxylic acids is 1. The van der Waals surface area contributed by atoms with E-state index in [0.29, 0.717) is 13.1 Å². The molecule has 0 aliphatic rings. The molecule has 0 aliphatic carbocycles. The van der Waals surface area contributed by atoms with Gasteiger partial charge in [0.15, 0.2) is 0 Å². The van der Waals surface area contributed by atoms with Gasteiger partial charge in [0, 0.05) is 13.1 Å². The molecule has 0 aromatic carbocycles. The van der Waals surface area contributed by atoms with Crippen LogP contribution < -0.4 is 11.1 Å². The SMILES string of the molecule is NCCNC(=O)COCCOCC(=O)O. The number of rotatable bonds is 9. The van der Waals surface area contributed by atoms with Crippen molar-refractivity contribution in [1.82, 2.24) is 5.32 Å². The van der Waals surface area contributed by atoms with Crippen LogP contribution in [-0.4, -0.2) is 56.5 Å². The molecular formula is C8H16N2O5. The summed E-state index contributed by atoms with van der Waals surface area (Å²) in [7, 11) is 0. The largest absolute Gasteiger partial charge is 0.480 e. The van der Waals surface area contributed by atoms with Crippen LogP contribution >= 0.6 is 0 Å². The van der Waals surface area contributed by atoms with E-state index in [1.807, 2.05) is 0 Å². The predicted molar refractivity (Wildman–Crippen MR) is 51.3 cm³/mol. The van der Waals surface area contributed by atoms with Gasteiger partial charge in [-0.15, -0.1) is 0 Å². The summed E-state index contributed by atoms with van der Waals surface area (Å²) in [4.78, 5) is 20.9. The predicted octanol–water partition coefficient (Wildman–Crippen LogP) is -1.82. The molecule has 0 bridgehead atoms. The van der Waals surface area contributed by atoms with Gasteiger partial charge in [-0.3, -0.25) is 4.79 Å². The highest BCUT2D eigenvalue weighted by atomic mass is 16.5. The molecule has 0 unspecified atom stereocenters. The second kappa shape index (κ2) is 9.38. The molecule has 0 aromatic rings. The Morgan fingerprint density at radius 1 is 1.20 bits per heavy atom. The molecule has 0 heterocycles. The number of ether oxygens (including phenoxy) is 2. The van der Waals surface area contributed by atoms with E-state index < -0.39 is 5.97 Å². The van der Waals surface area contributed by atoms with Gasteiger partial charge in [-0.2, -0.15) is 0 Å². The third-order valence-corrected chi connectivity index (χ3v) is 1.30. The van der Waals surface area contributed by atoms with Crippen LogP contribution in [0.3, 0.4) is 0 Å². The van der Waals surface area contributed by atoms with Gasteiger partial charge in [-0.05, 0) is 0 Å². The van der Waals surface area contributed by atoms with Gasteiger partial charge in [0.2, 0.25) is 5.91 Å². The summed E-state index contributed by atoms with van der Waals surface area (Å²) in [5.74, 6) is -1.28.